The minimum atomic E-state index is -0.0423. The Morgan fingerprint density at radius 1 is 1.35 bits per heavy atom. The molecule has 0 saturated heterocycles. The van der Waals surface area contributed by atoms with Gasteiger partial charge in [-0.3, -0.25) is 9.20 Å². The molecule has 2 aromatic heterocycles. The minimum Gasteiger partial charge on any atom is -0.269 e. The van der Waals surface area contributed by atoms with Gasteiger partial charge in [-0.25, -0.2) is 4.98 Å². The van der Waals surface area contributed by atoms with Gasteiger partial charge in [0, 0.05) is 5.69 Å². The third-order valence-electron chi connectivity index (χ3n) is 2.80. The molecule has 3 nitrogen and oxygen atoms in total. The van der Waals surface area contributed by atoms with Crippen LogP contribution in [-0.2, 0) is 6.42 Å². The van der Waals surface area contributed by atoms with Crippen LogP contribution in [0.2, 0.25) is 5.15 Å². The zero-order chi connectivity index (χ0) is 12.6. The molecule has 2 aromatic rings. The molecule has 90 valence electrons. The molecule has 0 aliphatic rings. The maximum absolute atomic E-state index is 12.3. The highest BCUT2D eigenvalue weighted by atomic mass is 35.5. The summed E-state index contributed by atoms with van der Waals surface area (Å²) in [5.41, 5.74) is 3.16. The Bertz CT molecular complexity index is 631. The Morgan fingerprint density at radius 2 is 2.06 bits per heavy atom. The topological polar surface area (TPSA) is 34.4 Å². The van der Waals surface area contributed by atoms with Crippen molar-refractivity contribution in [3.05, 3.63) is 44.5 Å². The number of halogens is 1. The van der Waals surface area contributed by atoms with E-state index in [-0.39, 0.29) is 5.56 Å². The fraction of sp³-hybridized carbons (Fsp3) is 0.385. The molecule has 0 radical (unpaired) electrons. The lowest BCUT2D eigenvalue weighted by Gasteiger charge is -2.09. The summed E-state index contributed by atoms with van der Waals surface area (Å²) < 4.78 is 1.63. The maximum atomic E-state index is 12.3. The minimum absolute atomic E-state index is 0.0423. The highest BCUT2D eigenvalue weighted by Gasteiger charge is 2.11. The van der Waals surface area contributed by atoms with Crippen LogP contribution in [0.25, 0.3) is 5.65 Å². The van der Waals surface area contributed by atoms with Crippen molar-refractivity contribution < 1.29 is 0 Å². The molecular formula is C13H15ClN2O. The predicted octanol–water partition coefficient (Wildman–Crippen LogP) is 2.92. The summed E-state index contributed by atoms with van der Waals surface area (Å²) in [5.74, 6) is 0. The molecule has 2 rings (SSSR count). The molecule has 0 aliphatic heterocycles. The fourth-order valence-corrected chi connectivity index (χ4v) is 2.34. The molecule has 4 heteroatoms. The number of pyridine rings is 1. The van der Waals surface area contributed by atoms with E-state index in [4.69, 9.17) is 11.6 Å². The van der Waals surface area contributed by atoms with E-state index in [9.17, 15) is 4.79 Å². The van der Waals surface area contributed by atoms with Crippen molar-refractivity contribution in [2.75, 3.05) is 0 Å². The lowest BCUT2D eigenvalue weighted by atomic mass is 10.2. The standard InChI is InChI=1S/C13H15ClN2O/c1-4-5-10-12(14)15-11-7-8(2)6-9(3)16(11)13(10)17/h6-7H,4-5H2,1-3H3. The fourth-order valence-electron chi connectivity index (χ4n) is 2.08. The smallest absolute Gasteiger partial charge is 0.262 e. The Kier molecular flexibility index (Phi) is 3.20. The van der Waals surface area contributed by atoms with Gasteiger partial charge in [0.25, 0.3) is 5.56 Å². The number of nitrogens with zero attached hydrogens (tertiary/aromatic N) is 2. The van der Waals surface area contributed by atoms with E-state index in [2.05, 4.69) is 4.98 Å². The maximum Gasteiger partial charge on any atom is 0.262 e. The molecule has 0 saturated carbocycles. The van der Waals surface area contributed by atoms with Gasteiger partial charge in [0.2, 0.25) is 0 Å². The first-order valence-electron chi connectivity index (χ1n) is 5.73. The third kappa shape index (κ3) is 2.07. The first-order valence-corrected chi connectivity index (χ1v) is 6.10. The Labute approximate surface area is 105 Å². The number of hydrogen-bond acceptors (Lipinski definition) is 2. The number of aryl methyl sites for hydroxylation is 2. The number of hydrogen-bond donors (Lipinski definition) is 0. The molecule has 0 aromatic carbocycles. The zero-order valence-electron chi connectivity index (χ0n) is 10.2. The summed E-state index contributed by atoms with van der Waals surface area (Å²) >= 11 is 6.07. The van der Waals surface area contributed by atoms with Crippen molar-refractivity contribution in [2.24, 2.45) is 0 Å². The number of aromatic nitrogens is 2. The van der Waals surface area contributed by atoms with Crippen LogP contribution in [0.1, 0.15) is 30.2 Å². The average molecular weight is 251 g/mol. The van der Waals surface area contributed by atoms with Crippen molar-refractivity contribution in [1.82, 2.24) is 9.38 Å². The molecule has 0 spiro atoms. The van der Waals surface area contributed by atoms with Crippen LogP contribution in [0.3, 0.4) is 0 Å². The summed E-state index contributed by atoms with van der Waals surface area (Å²) in [6.07, 6.45) is 1.55. The van der Waals surface area contributed by atoms with Gasteiger partial charge in [0.15, 0.2) is 0 Å². The second-order valence-corrected chi connectivity index (χ2v) is 4.66. The Balaban J connectivity index is 2.87. The lowest BCUT2D eigenvalue weighted by molar-refractivity contribution is 0.864. The molecule has 0 fully saturated rings. The average Bonchev–Trinajstić information content (AvgIpc) is 2.22. The van der Waals surface area contributed by atoms with Gasteiger partial charge < -0.3 is 0 Å². The molecule has 0 atom stereocenters. The monoisotopic (exact) mass is 250 g/mol. The van der Waals surface area contributed by atoms with Crippen LogP contribution >= 0.6 is 11.6 Å². The van der Waals surface area contributed by atoms with Crippen molar-refractivity contribution in [3.63, 3.8) is 0 Å². The van der Waals surface area contributed by atoms with Crippen LogP contribution < -0.4 is 5.56 Å². The first kappa shape index (κ1) is 12.1. The quantitative estimate of drug-likeness (QED) is 0.768. The highest BCUT2D eigenvalue weighted by molar-refractivity contribution is 6.30. The second kappa shape index (κ2) is 4.49. The van der Waals surface area contributed by atoms with Crippen molar-refractivity contribution in [3.8, 4) is 0 Å². The van der Waals surface area contributed by atoms with Crippen LogP contribution in [0.4, 0.5) is 0 Å². The SMILES string of the molecule is CCCc1c(Cl)nc2cc(C)cc(C)n2c1=O. The first-order chi connectivity index (χ1) is 8.04. The molecule has 17 heavy (non-hydrogen) atoms. The van der Waals surface area contributed by atoms with Crippen LogP contribution in [0.5, 0.6) is 0 Å². The molecule has 0 amide bonds. The summed E-state index contributed by atoms with van der Waals surface area (Å²) in [7, 11) is 0. The molecule has 0 N–H and O–H groups in total. The van der Waals surface area contributed by atoms with E-state index >= 15 is 0 Å². The summed E-state index contributed by atoms with van der Waals surface area (Å²) in [4.78, 5) is 16.6. The van der Waals surface area contributed by atoms with E-state index in [1.54, 1.807) is 4.40 Å². The predicted molar refractivity (Wildman–Crippen MR) is 69.9 cm³/mol. The van der Waals surface area contributed by atoms with Crippen molar-refractivity contribution in [1.29, 1.82) is 0 Å². The molecule has 0 unspecified atom stereocenters. The summed E-state index contributed by atoms with van der Waals surface area (Å²) in [6, 6.07) is 3.84. The summed E-state index contributed by atoms with van der Waals surface area (Å²) in [5, 5.41) is 0.335. The Morgan fingerprint density at radius 3 is 2.71 bits per heavy atom. The van der Waals surface area contributed by atoms with E-state index in [0.717, 1.165) is 17.7 Å². The van der Waals surface area contributed by atoms with Crippen LogP contribution in [0.15, 0.2) is 16.9 Å². The van der Waals surface area contributed by atoms with Crippen molar-refractivity contribution in [2.45, 2.75) is 33.6 Å². The van der Waals surface area contributed by atoms with Gasteiger partial charge in [-0.2, -0.15) is 0 Å². The van der Waals surface area contributed by atoms with Crippen molar-refractivity contribution >= 4 is 17.2 Å². The highest BCUT2D eigenvalue weighted by Crippen LogP contribution is 2.14. The third-order valence-corrected chi connectivity index (χ3v) is 3.11. The molecule has 2 heterocycles. The van der Waals surface area contributed by atoms with Gasteiger partial charge in [-0.15, -0.1) is 0 Å². The number of rotatable bonds is 2. The van der Waals surface area contributed by atoms with E-state index in [1.165, 1.54) is 0 Å². The van der Waals surface area contributed by atoms with E-state index in [1.807, 2.05) is 32.9 Å². The zero-order valence-corrected chi connectivity index (χ0v) is 11.0. The Hall–Kier alpha value is -1.35. The number of fused-ring (bicyclic) bond motifs is 1. The second-order valence-electron chi connectivity index (χ2n) is 4.30. The van der Waals surface area contributed by atoms with E-state index in [0.29, 0.717) is 22.8 Å². The van der Waals surface area contributed by atoms with Gasteiger partial charge in [0.05, 0.1) is 5.56 Å². The van der Waals surface area contributed by atoms with Crippen LogP contribution in [-0.4, -0.2) is 9.38 Å². The van der Waals surface area contributed by atoms with Gasteiger partial charge in [0.1, 0.15) is 10.8 Å². The van der Waals surface area contributed by atoms with Gasteiger partial charge in [-0.05, 0) is 38.0 Å². The van der Waals surface area contributed by atoms with E-state index < -0.39 is 0 Å². The lowest BCUT2D eigenvalue weighted by Crippen LogP contribution is -2.22. The molecule has 0 bridgehead atoms. The normalized spacial score (nSPS) is 11.1. The van der Waals surface area contributed by atoms with Gasteiger partial charge in [-0.1, -0.05) is 24.9 Å². The molecule has 0 aliphatic carbocycles. The van der Waals surface area contributed by atoms with Crippen LogP contribution in [0, 0.1) is 13.8 Å². The summed E-state index contributed by atoms with van der Waals surface area (Å²) in [6.45, 7) is 5.91. The largest absolute Gasteiger partial charge is 0.269 e. The van der Waals surface area contributed by atoms with Gasteiger partial charge >= 0.3 is 0 Å². The molecular weight excluding hydrogens is 236 g/mol.